The molecule has 0 saturated heterocycles. The summed E-state index contributed by atoms with van der Waals surface area (Å²) in [6, 6.07) is 41.8. The van der Waals surface area contributed by atoms with E-state index in [0.29, 0.717) is 0 Å². The van der Waals surface area contributed by atoms with Crippen molar-refractivity contribution in [3.05, 3.63) is 128 Å². The van der Waals surface area contributed by atoms with Gasteiger partial charge in [0, 0.05) is 49.1 Å². The van der Waals surface area contributed by atoms with Crippen molar-refractivity contribution in [2.24, 2.45) is 0 Å². The minimum atomic E-state index is 1.19. The summed E-state index contributed by atoms with van der Waals surface area (Å²) in [6.07, 6.45) is 3.98. The lowest BCUT2D eigenvalue weighted by Crippen LogP contribution is -1.92. The molecule has 2 heteroatoms. The van der Waals surface area contributed by atoms with E-state index in [1.165, 1.54) is 74.7 Å². The highest BCUT2D eigenvalue weighted by Gasteiger charge is 2.20. The van der Waals surface area contributed by atoms with Gasteiger partial charge in [0.15, 0.2) is 0 Å². The van der Waals surface area contributed by atoms with Gasteiger partial charge in [-0.25, -0.2) is 0 Å². The van der Waals surface area contributed by atoms with Crippen LogP contribution in [0, 0.1) is 0 Å². The van der Waals surface area contributed by atoms with Crippen molar-refractivity contribution in [1.82, 2.24) is 4.98 Å². The summed E-state index contributed by atoms with van der Waals surface area (Å²) < 4.78 is 2.65. The summed E-state index contributed by atoms with van der Waals surface area (Å²) >= 11 is 1.88. The molecule has 0 aliphatic carbocycles. The SMILES string of the molecule is c1ccc2c(-c3c4ccccc4c(-c4cccc5c4sc4ccccc45)c4cnccc34)cccc2c1. The highest BCUT2D eigenvalue weighted by atomic mass is 32.1. The van der Waals surface area contributed by atoms with Crippen molar-refractivity contribution < 1.29 is 0 Å². The zero-order chi connectivity index (χ0) is 24.3. The van der Waals surface area contributed by atoms with Crippen molar-refractivity contribution in [2.45, 2.75) is 0 Å². The van der Waals surface area contributed by atoms with Crippen LogP contribution in [0.4, 0.5) is 0 Å². The first-order valence-electron chi connectivity index (χ1n) is 12.6. The molecular formula is C35H21NS. The second kappa shape index (κ2) is 7.99. The number of hydrogen-bond donors (Lipinski definition) is 0. The summed E-state index contributed by atoms with van der Waals surface area (Å²) in [5, 5.41) is 10.1. The van der Waals surface area contributed by atoms with Gasteiger partial charge in [-0.2, -0.15) is 0 Å². The zero-order valence-electron chi connectivity index (χ0n) is 20.0. The second-order valence-electron chi connectivity index (χ2n) is 9.52. The lowest BCUT2D eigenvalue weighted by atomic mass is 9.85. The molecule has 2 aromatic heterocycles. The molecule has 8 rings (SSSR count). The smallest absolute Gasteiger partial charge is 0.0434 e. The molecule has 0 unspecified atom stereocenters. The predicted molar refractivity (Wildman–Crippen MR) is 161 cm³/mol. The molecule has 0 saturated carbocycles. The van der Waals surface area contributed by atoms with Crippen LogP contribution in [0.25, 0.3) is 74.7 Å². The van der Waals surface area contributed by atoms with E-state index < -0.39 is 0 Å². The second-order valence-corrected chi connectivity index (χ2v) is 10.6. The molecule has 172 valence electrons. The van der Waals surface area contributed by atoms with E-state index in [0.717, 1.165) is 0 Å². The van der Waals surface area contributed by atoms with Crippen molar-refractivity contribution >= 4 is 63.8 Å². The standard InChI is InChI=1S/C35H21NS/c1-2-11-23-22(9-1)10-7-15-25(23)33-26-13-3-4-14-27(26)34(31-21-36-20-19-28(31)33)30-17-8-16-29-24-12-5-6-18-32(24)37-35(29)30/h1-21H. The molecule has 0 fully saturated rings. The molecule has 0 aliphatic rings. The third-order valence-electron chi connectivity index (χ3n) is 7.56. The van der Waals surface area contributed by atoms with E-state index in [1.807, 2.05) is 17.5 Å². The van der Waals surface area contributed by atoms with Gasteiger partial charge in [-0.05, 0) is 50.2 Å². The van der Waals surface area contributed by atoms with Crippen LogP contribution in [0.15, 0.2) is 128 Å². The number of hydrogen-bond acceptors (Lipinski definition) is 2. The van der Waals surface area contributed by atoms with Crippen LogP contribution in [0.1, 0.15) is 0 Å². The molecule has 0 aliphatic heterocycles. The van der Waals surface area contributed by atoms with Gasteiger partial charge in [0.25, 0.3) is 0 Å². The number of thiophene rings is 1. The molecule has 1 nitrogen and oxygen atoms in total. The van der Waals surface area contributed by atoms with E-state index in [1.54, 1.807) is 0 Å². The third-order valence-corrected chi connectivity index (χ3v) is 8.78. The molecule has 0 radical (unpaired) electrons. The van der Waals surface area contributed by atoms with Gasteiger partial charge in [0.05, 0.1) is 0 Å². The largest absolute Gasteiger partial charge is 0.264 e. The number of benzene rings is 6. The first-order chi connectivity index (χ1) is 18.4. The Labute approximate surface area is 218 Å². The summed E-state index contributed by atoms with van der Waals surface area (Å²) in [4.78, 5) is 4.63. The Kier molecular flexibility index (Phi) is 4.46. The third kappa shape index (κ3) is 3.00. The normalized spacial score (nSPS) is 11.8. The summed E-state index contributed by atoms with van der Waals surface area (Å²) in [5.74, 6) is 0. The minimum absolute atomic E-state index is 1.19. The Morgan fingerprint density at radius 3 is 1.89 bits per heavy atom. The number of pyridine rings is 1. The van der Waals surface area contributed by atoms with Crippen LogP contribution in [0.5, 0.6) is 0 Å². The Morgan fingerprint density at radius 2 is 1.03 bits per heavy atom. The van der Waals surface area contributed by atoms with Gasteiger partial charge in [-0.15, -0.1) is 11.3 Å². The number of nitrogens with zero attached hydrogens (tertiary/aromatic N) is 1. The Bertz CT molecular complexity index is 2090. The summed E-state index contributed by atoms with van der Waals surface area (Å²) in [7, 11) is 0. The lowest BCUT2D eigenvalue weighted by molar-refractivity contribution is 1.37. The molecular weight excluding hydrogens is 466 g/mol. The number of aromatic nitrogens is 1. The van der Waals surface area contributed by atoms with E-state index in [2.05, 4.69) is 126 Å². The van der Waals surface area contributed by atoms with Crippen LogP contribution in [0.3, 0.4) is 0 Å². The van der Waals surface area contributed by atoms with Gasteiger partial charge in [-0.3, -0.25) is 4.98 Å². The molecule has 2 heterocycles. The fraction of sp³-hybridized carbons (Fsp3) is 0. The fourth-order valence-electron chi connectivity index (χ4n) is 5.99. The molecule has 6 aromatic carbocycles. The minimum Gasteiger partial charge on any atom is -0.264 e. The predicted octanol–water partition coefficient (Wildman–Crippen LogP) is 10.2. The Morgan fingerprint density at radius 1 is 0.432 bits per heavy atom. The number of rotatable bonds is 2. The fourth-order valence-corrected chi connectivity index (χ4v) is 7.21. The van der Waals surface area contributed by atoms with Crippen LogP contribution in [-0.2, 0) is 0 Å². The Balaban J connectivity index is 1.57. The average Bonchev–Trinajstić information content (AvgIpc) is 3.35. The van der Waals surface area contributed by atoms with E-state index in [-0.39, 0.29) is 0 Å². The van der Waals surface area contributed by atoms with Gasteiger partial charge in [0.2, 0.25) is 0 Å². The topological polar surface area (TPSA) is 12.9 Å². The molecule has 0 N–H and O–H groups in total. The van der Waals surface area contributed by atoms with Crippen LogP contribution >= 0.6 is 11.3 Å². The van der Waals surface area contributed by atoms with Gasteiger partial charge in [-0.1, -0.05) is 103 Å². The first kappa shape index (κ1) is 20.6. The first-order valence-corrected chi connectivity index (χ1v) is 13.4. The molecule has 0 amide bonds. The maximum Gasteiger partial charge on any atom is 0.0434 e. The summed E-state index contributed by atoms with van der Waals surface area (Å²) in [6.45, 7) is 0. The van der Waals surface area contributed by atoms with Crippen LogP contribution < -0.4 is 0 Å². The molecule has 37 heavy (non-hydrogen) atoms. The van der Waals surface area contributed by atoms with E-state index in [4.69, 9.17) is 0 Å². The van der Waals surface area contributed by atoms with Gasteiger partial charge >= 0.3 is 0 Å². The van der Waals surface area contributed by atoms with Gasteiger partial charge in [0.1, 0.15) is 0 Å². The van der Waals surface area contributed by atoms with Crippen LogP contribution in [-0.4, -0.2) is 4.98 Å². The number of fused-ring (bicyclic) bond motifs is 6. The van der Waals surface area contributed by atoms with Crippen molar-refractivity contribution in [3.63, 3.8) is 0 Å². The maximum absolute atomic E-state index is 4.63. The molecule has 8 aromatic rings. The van der Waals surface area contributed by atoms with Crippen molar-refractivity contribution in [3.8, 4) is 22.3 Å². The van der Waals surface area contributed by atoms with Crippen LogP contribution in [0.2, 0.25) is 0 Å². The van der Waals surface area contributed by atoms with Gasteiger partial charge < -0.3 is 0 Å². The molecule has 0 bridgehead atoms. The molecule has 0 spiro atoms. The average molecular weight is 488 g/mol. The van der Waals surface area contributed by atoms with E-state index in [9.17, 15) is 0 Å². The lowest BCUT2D eigenvalue weighted by Gasteiger charge is -2.18. The zero-order valence-corrected chi connectivity index (χ0v) is 20.8. The molecule has 0 atom stereocenters. The Hall–Kier alpha value is -4.53. The highest BCUT2D eigenvalue weighted by molar-refractivity contribution is 7.26. The highest BCUT2D eigenvalue weighted by Crippen LogP contribution is 2.48. The van der Waals surface area contributed by atoms with Crippen molar-refractivity contribution in [1.29, 1.82) is 0 Å². The summed E-state index contributed by atoms with van der Waals surface area (Å²) in [5.41, 5.74) is 5.08. The maximum atomic E-state index is 4.63. The monoisotopic (exact) mass is 487 g/mol. The van der Waals surface area contributed by atoms with E-state index >= 15 is 0 Å². The quantitative estimate of drug-likeness (QED) is 0.221. The van der Waals surface area contributed by atoms with Crippen molar-refractivity contribution in [2.75, 3.05) is 0 Å².